The van der Waals surface area contributed by atoms with Gasteiger partial charge in [-0.3, -0.25) is 4.98 Å². The molecule has 1 aromatic heterocycles. The average Bonchev–Trinajstić information content (AvgIpc) is 2.37. The molecule has 2 heterocycles. The first kappa shape index (κ1) is 12.2. The van der Waals surface area contributed by atoms with Gasteiger partial charge in [-0.25, -0.2) is 0 Å². The number of hydrogen-bond acceptors (Lipinski definition) is 4. The Morgan fingerprint density at radius 2 is 1.89 bits per heavy atom. The van der Waals surface area contributed by atoms with Crippen molar-refractivity contribution >= 4 is 22.3 Å². The molecule has 4 nitrogen and oxygen atoms in total. The van der Waals surface area contributed by atoms with E-state index in [1.807, 2.05) is 18.2 Å². The highest BCUT2D eigenvalue weighted by Gasteiger charge is 2.25. The number of nitrogen functional groups attached to an aromatic ring is 1. The average molecular weight is 257 g/mol. The van der Waals surface area contributed by atoms with Crippen molar-refractivity contribution in [3.63, 3.8) is 0 Å². The van der Waals surface area contributed by atoms with Crippen LogP contribution in [0.15, 0.2) is 30.5 Å². The second-order valence-electron chi connectivity index (χ2n) is 5.24. The third-order valence-electron chi connectivity index (χ3n) is 3.51. The van der Waals surface area contributed by atoms with Gasteiger partial charge in [0.25, 0.3) is 0 Å². The number of rotatable bonds is 1. The molecular formula is C15H19N3O. The molecule has 3 rings (SSSR count). The smallest absolute Gasteiger partial charge is 0.0745 e. The van der Waals surface area contributed by atoms with Gasteiger partial charge in [0.2, 0.25) is 0 Å². The molecule has 0 aliphatic carbocycles. The Bertz CT molecular complexity index is 589. The normalized spacial score (nSPS) is 23.8. The molecule has 1 fully saturated rings. The monoisotopic (exact) mass is 257 g/mol. The SMILES string of the molecule is CC1CN(c2c(N)cnc3ccccc23)CC(C)O1. The standard InChI is InChI=1S/C15H19N3O/c1-10-8-18(9-11(2)19-10)15-12-5-3-4-6-14(12)17-7-13(15)16/h3-7,10-11H,8-9,16H2,1-2H3. The maximum absolute atomic E-state index is 6.16. The third-order valence-corrected chi connectivity index (χ3v) is 3.51. The summed E-state index contributed by atoms with van der Waals surface area (Å²) < 4.78 is 5.79. The van der Waals surface area contributed by atoms with Crippen molar-refractivity contribution in [3.8, 4) is 0 Å². The fraction of sp³-hybridized carbons (Fsp3) is 0.400. The number of morpholine rings is 1. The lowest BCUT2D eigenvalue weighted by molar-refractivity contribution is -0.00509. The van der Waals surface area contributed by atoms with E-state index in [9.17, 15) is 0 Å². The molecule has 1 aliphatic heterocycles. The molecule has 0 bridgehead atoms. The molecule has 0 spiro atoms. The van der Waals surface area contributed by atoms with E-state index in [0.717, 1.165) is 35.4 Å². The van der Waals surface area contributed by atoms with E-state index in [4.69, 9.17) is 10.5 Å². The van der Waals surface area contributed by atoms with E-state index in [0.29, 0.717) is 0 Å². The minimum atomic E-state index is 0.218. The molecule has 1 saturated heterocycles. The van der Waals surface area contributed by atoms with Crippen LogP contribution in [0.3, 0.4) is 0 Å². The van der Waals surface area contributed by atoms with Crippen LogP contribution < -0.4 is 10.6 Å². The molecule has 4 heteroatoms. The van der Waals surface area contributed by atoms with Crippen molar-refractivity contribution in [3.05, 3.63) is 30.5 Å². The van der Waals surface area contributed by atoms with E-state index in [1.165, 1.54) is 0 Å². The first-order valence-corrected chi connectivity index (χ1v) is 6.69. The molecule has 2 N–H and O–H groups in total. The zero-order valence-corrected chi connectivity index (χ0v) is 11.3. The van der Waals surface area contributed by atoms with E-state index in [2.05, 4.69) is 29.8 Å². The predicted octanol–water partition coefficient (Wildman–Crippen LogP) is 2.43. The third kappa shape index (κ3) is 2.24. The number of fused-ring (bicyclic) bond motifs is 1. The van der Waals surface area contributed by atoms with Gasteiger partial charge < -0.3 is 15.4 Å². The predicted molar refractivity (Wildman–Crippen MR) is 78.4 cm³/mol. The summed E-state index contributed by atoms with van der Waals surface area (Å²) in [6.45, 7) is 5.93. The molecule has 0 saturated carbocycles. The summed E-state index contributed by atoms with van der Waals surface area (Å²) in [4.78, 5) is 6.71. The maximum atomic E-state index is 6.16. The van der Waals surface area contributed by atoms with Gasteiger partial charge in [0.15, 0.2) is 0 Å². The van der Waals surface area contributed by atoms with Gasteiger partial charge in [0.05, 0.1) is 35.3 Å². The molecule has 2 atom stereocenters. The van der Waals surface area contributed by atoms with Gasteiger partial charge in [0, 0.05) is 18.5 Å². The van der Waals surface area contributed by atoms with Gasteiger partial charge in [-0.05, 0) is 19.9 Å². The van der Waals surface area contributed by atoms with E-state index in [1.54, 1.807) is 6.20 Å². The summed E-state index contributed by atoms with van der Waals surface area (Å²) in [5.41, 5.74) is 8.97. The van der Waals surface area contributed by atoms with Crippen molar-refractivity contribution in [2.24, 2.45) is 0 Å². The molecule has 1 aromatic carbocycles. The lowest BCUT2D eigenvalue weighted by Gasteiger charge is -2.37. The van der Waals surface area contributed by atoms with E-state index in [-0.39, 0.29) is 12.2 Å². The number of ether oxygens (including phenoxy) is 1. The molecule has 0 amide bonds. The van der Waals surface area contributed by atoms with Crippen LogP contribution in [0.5, 0.6) is 0 Å². The Balaban J connectivity index is 2.10. The number of para-hydroxylation sites is 1. The van der Waals surface area contributed by atoms with Crippen LogP contribution in [0.4, 0.5) is 11.4 Å². The summed E-state index contributed by atoms with van der Waals surface area (Å²) in [5, 5.41) is 1.11. The second kappa shape index (κ2) is 4.70. The zero-order chi connectivity index (χ0) is 13.4. The van der Waals surface area contributed by atoms with Crippen LogP contribution in [0.1, 0.15) is 13.8 Å². The lowest BCUT2D eigenvalue weighted by Crippen LogP contribution is -2.45. The minimum Gasteiger partial charge on any atom is -0.396 e. The fourth-order valence-electron chi connectivity index (χ4n) is 2.86. The maximum Gasteiger partial charge on any atom is 0.0745 e. The minimum absolute atomic E-state index is 0.218. The van der Waals surface area contributed by atoms with Crippen molar-refractivity contribution < 1.29 is 4.74 Å². The molecule has 100 valence electrons. The van der Waals surface area contributed by atoms with Crippen LogP contribution in [0.25, 0.3) is 10.9 Å². The molecule has 2 aromatic rings. The highest BCUT2D eigenvalue weighted by molar-refractivity contribution is 5.97. The van der Waals surface area contributed by atoms with Gasteiger partial charge in [-0.1, -0.05) is 18.2 Å². The molecule has 1 aliphatic rings. The highest BCUT2D eigenvalue weighted by Crippen LogP contribution is 2.33. The molecule has 0 radical (unpaired) electrons. The Hall–Kier alpha value is -1.81. The second-order valence-corrected chi connectivity index (χ2v) is 5.24. The Labute approximate surface area is 113 Å². The van der Waals surface area contributed by atoms with Crippen LogP contribution in [0, 0.1) is 0 Å². The van der Waals surface area contributed by atoms with Crippen LogP contribution in [-0.4, -0.2) is 30.3 Å². The first-order valence-electron chi connectivity index (χ1n) is 6.69. The number of benzene rings is 1. The Kier molecular flexibility index (Phi) is 3.03. The van der Waals surface area contributed by atoms with Crippen molar-refractivity contribution in [1.29, 1.82) is 0 Å². The van der Waals surface area contributed by atoms with E-state index < -0.39 is 0 Å². The summed E-state index contributed by atoms with van der Waals surface area (Å²) >= 11 is 0. The molecule has 2 unspecified atom stereocenters. The molecule has 19 heavy (non-hydrogen) atoms. The van der Waals surface area contributed by atoms with E-state index >= 15 is 0 Å². The van der Waals surface area contributed by atoms with Crippen molar-refractivity contribution in [2.45, 2.75) is 26.1 Å². The van der Waals surface area contributed by atoms with Crippen LogP contribution in [-0.2, 0) is 4.74 Å². The number of aromatic nitrogens is 1. The van der Waals surface area contributed by atoms with Crippen LogP contribution >= 0.6 is 0 Å². The number of nitrogens with zero attached hydrogens (tertiary/aromatic N) is 2. The number of pyridine rings is 1. The highest BCUT2D eigenvalue weighted by atomic mass is 16.5. The summed E-state index contributed by atoms with van der Waals surface area (Å²) in [5.74, 6) is 0. The quantitative estimate of drug-likeness (QED) is 0.852. The fourth-order valence-corrected chi connectivity index (χ4v) is 2.86. The van der Waals surface area contributed by atoms with Crippen molar-refractivity contribution in [1.82, 2.24) is 4.98 Å². The molecular weight excluding hydrogens is 238 g/mol. The lowest BCUT2D eigenvalue weighted by atomic mass is 10.1. The summed E-state index contributed by atoms with van der Waals surface area (Å²) in [6.07, 6.45) is 2.19. The topological polar surface area (TPSA) is 51.4 Å². The number of hydrogen-bond donors (Lipinski definition) is 1. The van der Waals surface area contributed by atoms with Gasteiger partial charge in [-0.2, -0.15) is 0 Å². The summed E-state index contributed by atoms with van der Waals surface area (Å²) in [7, 11) is 0. The number of nitrogens with two attached hydrogens (primary N) is 1. The largest absolute Gasteiger partial charge is 0.396 e. The van der Waals surface area contributed by atoms with Gasteiger partial charge >= 0.3 is 0 Å². The Morgan fingerprint density at radius 1 is 1.21 bits per heavy atom. The number of anilines is 2. The van der Waals surface area contributed by atoms with Gasteiger partial charge in [-0.15, -0.1) is 0 Å². The van der Waals surface area contributed by atoms with Crippen molar-refractivity contribution in [2.75, 3.05) is 23.7 Å². The van der Waals surface area contributed by atoms with Gasteiger partial charge in [0.1, 0.15) is 0 Å². The zero-order valence-electron chi connectivity index (χ0n) is 11.3. The first-order chi connectivity index (χ1) is 9.15. The summed E-state index contributed by atoms with van der Waals surface area (Å²) in [6, 6.07) is 8.13. The van der Waals surface area contributed by atoms with Crippen LogP contribution in [0.2, 0.25) is 0 Å². The Morgan fingerprint density at radius 3 is 2.63 bits per heavy atom.